The molecule has 0 radical (unpaired) electrons. The molecule has 1 aliphatic carbocycles. The van der Waals surface area contributed by atoms with Crippen molar-refractivity contribution in [3.63, 3.8) is 0 Å². The summed E-state index contributed by atoms with van der Waals surface area (Å²) in [6.07, 6.45) is 1.26. The fourth-order valence-electron chi connectivity index (χ4n) is 2.37. The van der Waals surface area contributed by atoms with Crippen molar-refractivity contribution in [3.05, 3.63) is 28.1 Å². The van der Waals surface area contributed by atoms with E-state index in [0.717, 1.165) is 29.8 Å². The summed E-state index contributed by atoms with van der Waals surface area (Å²) in [6.45, 7) is 3.64. The van der Waals surface area contributed by atoms with E-state index in [9.17, 15) is 4.39 Å². The van der Waals surface area contributed by atoms with Crippen LogP contribution < -0.4 is 0 Å². The highest BCUT2D eigenvalue weighted by molar-refractivity contribution is 5.48. The topological polar surface area (TPSA) is 36.7 Å². The molecule has 1 heterocycles. The van der Waals surface area contributed by atoms with E-state index in [2.05, 4.69) is 11.1 Å². The Bertz CT molecular complexity index is 446. The lowest BCUT2D eigenvalue weighted by Crippen LogP contribution is -2.13. The second-order valence-electron chi connectivity index (χ2n) is 4.02. The average Bonchev–Trinajstić information content (AvgIpc) is 2.17. The van der Waals surface area contributed by atoms with Gasteiger partial charge in [0, 0.05) is 11.3 Å². The Labute approximate surface area is 88.8 Å². The predicted molar refractivity (Wildman–Crippen MR) is 55.2 cm³/mol. The molecular weight excluding hydrogens is 191 g/mol. The molecular formula is C12H13FN2. The molecule has 2 rings (SSSR count). The van der Waals surface area contributed by atoms with E-state index in [4.69, 9.17) is 5.26 Å². The van der Waals surface area contributed by atoms with E-state index in [1.165, 1.54) is 0 Å². The molecule has 0 aliphatic heterocycles. The van der Waals surface area contributed by atoms with Gasteiger partial charge in [-0.25, -0.2) is 4.39 Å². The molecule has 1 atom stereocenters. The Hall–Kier alpha value is -1.43. The number of hydrogen-bond acceptors (Lipinski definition) is 2. The number of nitrogens with zero attached hydrogens (tertiary/aromatic N) is 2. The highest BCUT2D eigenvalue weighted by Crippen LogP contribution is 2.36. The van der Waals surface area contributed by atoms with Crippen LogP contribution in [0.25, 0.3) is 0 Å². The minimum Gasteiger partial charge on any atom is -0.257 e. The third kappa shape index (κ3) is 1.50. The molecule has 78 valence electrons. The molecule has 0 amide bonds. The predicted octanol–water partition coefficient (Wildman–Crippen LogP) is 2.92. The van der Waals surface area contributed by atoms with Gasteiger partial charge >= 0.3 is 0 Å². The van der Waals surface area contributed by atoms with Gasteiger partial charge in [-0.1, -0.05) is 0 Å². The van der Waals surface area contributed by atoms with Gasteiger partial charge in [-0.3, -0.25) is 4.98 Å². The van der Waals surface area contributed by atoms with Crippen molar-refractivity contribution >= 4 is 0 Å². The standard InChI is InChI=1S/C12H13FN2/c1-7-10(6-14)9-4-3-5-11(13)12(9)8(2)15-7/h11H,3-5H2,1-2H3. The van der Waals surface area contributed by atoms with E-state index >= 15 is 0 Å². The molecule has 0 saturated carbocycles. The molecule has 0 aromatic carbocycles. The van der Waals surface area contributed by atoms with Crippen LogP contribution in [0.15, 0.2) is 0 Å². The van der Waals surface area contributed by atoms with Crippen molar-refractivity contribution in [3.8, 4) is 6.07 Å². The Kier molecular flexibility index (Phi) is 2.44. The quantitative estimate of drug-likeness (QED) is 0.651. The van der Waals surface area contributed by atoms with Gasteiger partial charge in [-0.2, -0.15) is 5.26 Å². The van der Waals surface area contributed by atoms with Crippen LogP contribution in [-0.4, -0.2) is 4.98 Å². The molecule has 1 unspecified atom stereocenters. The number of aromatic nitrogens is 1. The molecule has 0 spiro atoms. The van der Waals surface area contributed by atoms with E-state index < -0.39 is 6.17 Å². The zero-order valence-electron chi connectivity index (χ0n) is 8.97. The molecule has 0 bridgehead atoms. The summed E-state index contributed by atoms with van der Waals surface area (Å²) in [6, 6.07) is 2.14. The molecule has 1 aromatic heterocycles. The van der Waals surface area contributed by atoms with Gasteiger partial charge in [0.2, 0.25) is 0 Å². The van der Waals surface area contributed by atoms with Crippen LogP contribution in [0.1, 0.15) is 47.1 Å². The third-order valence-corrected chi connectivity index (χ3v) is 3.02. The largest absolute Gasteiger partial charge is 0.257 e. The Morgan fingerprint density at radius 3 is 2.80 bits per heavy atom. The summed E-state index contributed by atoms with van der Waals surface area (Å²) in [5.41, 5.74) is 3.61. The lowest BCUT2D eigenvalue weighted by atomic mass is 9.86. The van der Waals surface area contributed by atoms with Gasteiger partial charge < -0.3 is 0 Å². The first-order chi connectivity index (χ1) is 7.15. The highest BCUT2D eigenvalue weighted by Gasteiger charge is 2.25. The summed E-state index contributed by atoms with van der Waals surface area (Å²) in [5.74, 6) is 0. The lowest BCUT2D eigenvalue weighted by Gasteiger charge is -2.23. The van der Waals surface area contributed by atoms with Crippen LogP contribution >= 0.6 is 0 Å². The van der Waals surface area contributed by atoms with Gasteiger partial charge in [0.1, 0.15) is 12.2 Å². The molecule has 0 N–H and O–H groups in total. The van der Waals surface area contributed by atoms with E-state index in [1.54, 1.807) is 0 Å². The first-order valence-corrected chi connectivity index (χ1v) is 5.19. The Balaban J connectivity index is 2.72. The SMILES string of the molecule is Cc1nc(C)c2c(c1C#N)CCCC2F. The Morgan fingerprint density at radius 1 is 1.40 bits per heavy atom. The number of pyridine rings is 1. The number of rotatable bonds is 0. The zero-order chi connectivity index (χ0) is 11.0. The first-order valence-electron chi connectivity index (χ1n) is 5.19. The van der Waals surface area contributed by atoms with Gasteiger partial charge in [-0.15, -0.1) is 0 Å². The minimum absolute atomic E-state index is 0.559. The normalized spacial score (nSPS) is 19.5. The number of nitriles is 1. The van der Waals surface area contributed by atoms with Crippen LogP contribution in [0.2, 0.25) is 0 Å². The number of fused-ring (bicyclic) bond motifs is 1. The zero-order valence-corrected chi connectivity index (χ0v) is 8.97. The van der Waals surface area contributed by atoms with E-state index in [1.807, 2.05) is 13.8 Å². The van der Waals surface area contributed by atoms with Crippen LogP contribution in [0.4, 0.5) is 4.39 Å². The van der Waals surface area contributed by atoms with Crippen molar-refractivity contribution in [2.75, 3.05) is 0 Å². The van der Waals surface area contributed by atoms with Crippen molar-refractivity contribution in [2.45, 2.75) is 39.3 Å². The minimum atomic E-state index is -0.936. The fourth-order valence-corrected chi connectivity index (χ4v) is 2.37. The summed E-state index contributed by atoms with van der Waals surface area (Å²) < 4.78 is 13.7. The first kappa shape index (κ1) is 10.1. The molecule has 1 aromatic rings. The maximum atomic E-state index is 13.7. The monoisotopic (exact) mass is 204 g/mol. The van der Waals surface area contributed by atoms with Crippen LogP contribution in [0.5, 0.6) is 0 Å². The van der Waals surface area contributed by atoms with Crippen LogP contribution in [-0.2, 0) is 6.42 Å². The smallest absolute Gasteiger partial charge is 0.127 e. The van der Waals surface area contributed by atoms with Crippen LogP contribution in [0.3, 0.4) is 0 Å². The lowest BCUT2D eigenvalue weighted by molar-refractivity contribution is 0.300. The molecule has 3 heteroatoms. The van der Waals surface area contributed by atoms with Crippen molar-refractivity contribution in [2.24, 2.45) is 0 Å². The molecule has 1 aliphatic rings. The molecule has 0 saturated heterocycles. The number of halogens is 1. The molecule has 2 nitrogen and oxygen atoms in total. The van der Waals surface area contributed by atoms with Crippen molar-refractivity contribution in [1.82, 2.24) is 4.98 Å². The maximum Gasteiger partial charge on any atom is 0.127 e. The third-order valence-electron chi connectivity index (χ3n) is 3.02. The summed E-state index contributed by atoms with van der Waals surface area (Å²) >= 11 is 0. The van der Waals surface area contributed by atoms with Gasteiger partial charge in [-0.05, 0) is 38.7 Å². The number of aryl methyl sites for hydroxylation is 2. The summed E-state index contributed by atoms with van der Waals surface area (Å²) in [5, 5.41) is 9.04. The van der Waals surface area contributed by atoms with Gasteiger partial charge in [0.05, 0.1) is 11.3 Å². The van der Waals surface area contributed by atoms with E-state index in [0.29, 0.717) is 17.5 Å². The van der Waals surface area contributed by atoms with Crippen molar-refractivity contribution < 1.29 is 4.39 Å². The molecule has 15 heavy (non-hydrogen) atoms. The van der Waals surface area contributed by atoms with E-state index in [-0.39, 0.29) is 0 Å². The molecule has 0 fully saturated rings. The summed E-state index contributed by atoms with van der Waals surface area (Å²) in [7, 11) is 0. The summed E-state index contributed by atoms with van der Waals surface area (Å²) in [4.78, 5) is 4.25. The fraction of sp³-hybridized carbons (Fsp3) is 0.500. The Morgan fingerprint density at radius 2 is 2.13 bits per heavy atom. The highest BCUT2D eigenvalue weighted by atomic mass is 19.1. The second-order valence-corrected chi connectivity index (χ2v) is 4.02. The van der Waals surface area contributed by atoms with Crippen molar-refractivity contribution in [1.29, 1.82) is 5.26 Å². The maximum absolute atomic E-state index is 13.7. The second kappa shape index (κ2) is 3.62. The van der Waals surface area contributed by atoms with Crippen LogP contribution in [0, 0.1) is 25.2 Å². The average molecular weight is 204 g/mol. The van der Waals surface area contributed by atoms with Gasteiger partial charge in [0.25, 0.3) is 0 Å². The number of alkyl halides is 1. The van der Waals surface area contributed by atoms with Gasteiger partial charge in [0.15, 0.2) is 0 Å². The number of hydrogen-bond donors (Lipinski definition) is 0.